The van der Waals surface area contributed by atoms with Crippen LogP contribution in [0, 0.1) is 0 Å². The molecular formula is C12H18N2O4S. The standard InChI is InChI=1S/C12H18N2O4S/c1-3-18-12(15)8-19(16,17)14-9(2)10-6-4-5-7-11(10)13/h4-7,9,14H,3,8,13H2,1-2H3. The zero-order valence-corrected chi connectivity index (χ0v) is 11.7. The van der Waals surface area contributed by atoms with E-state index < -0.39 is 27.8 Å². The number of anilines is 1. The summed E-state index contributed by atoms with van der Waals surface area (Å²) in [5, 5.41) is 0. The van der Waals surface area contributed by atoms with Gasteiger partial charge in [0.05, 0.1) is 6.61 Å². The molecular weight excluding hydrogens is 268 g/mol. The van der Waals surface area contributed by atoms with Crippen molar-refractivity contribution in [3.8, 4) is 0 Å². The van der Waals surface area contributed by atoms with Crippen molar-refractivity contribution in [2.75, 3.05) is 18.1 Å². The van der Waals surface area contributed by atoms with Crippen molar-refractivity contribution >= 4 is 21.7 Å². The summed E-state index contributed by atoms with van der Waals surface area (Å²) >= 11 is 0. The highest BCUT2D eigenvalue weighted by molar-refractivity contribution is 7.90. The fourth-order valence-corrected chi connectivity index (χ4v) is 2.78. The van der Waals surface area contributed by atoms with Crippen LogP contribution in [0.15, 0.2) is 24.3 Å². The Morgan fingerprint density at radius 1 is 1.42 bits per heavy atom. The topological polar surface area (TPSA) is 98.5 Å². The fraction of sp³-hybridized carbons (Fsp3) is 0.417. The third-order valence-electron chi connectivity index (χ3n) is 2.43. The fourth-order valence-electron chi connectivity index (χ4n) is 1.64. The molecule has 0 aliphatic carbocycles. The molecule has 0 aliphatic heterocycles. The van der Waals surface area contributed by atoms with Gasteiger partial charge in [-0.05, 0) is 25.5 Å². The minimum Gasteiger partial charge on any atom is -0.465 e. The number of carbonyl (C=O) groups is 1. The molecule has 106 valence electrons. The highest BCUT2D eigenvalue weighted by Gasteiger charge is 2.21. The van der Waals surface area contributed by atoms with Crippen LogP contribution < -0.4 is 10.5 Å². The zero-order chi connectivity index (χ0) is 14.5. The van der Waals surface area contributed by atoms with Crippen molar-refractivity contribution in [1.82, 2.24) is 4.72 Å². The van der Waals surface area contributed by atoms with Gasteiger partial charge < -0.3 is 10.5 Å². The minimum atomic E-state index is -3.75. The molecule has 7 heteroatoms. The van der Waals surface area contributed by atoms with Crippen molar-refractivity contribution in [3.05, 3.63) is 29.8 Å². The third kappa shape index (κ3) is 4.88. The Morgan fingerprint density at radius 2 is 2.05 bits per heavy atom. The third-order valence-corrected chi connectivity index (χ3v) is 3.76. The first-order valence-electron chi connectivity index (χ1n) is 5.85. The SMILES string of the molecule is CCOC(=O)CS(=O)(=O)NC(C)c1ccccc1N. The Labute approximate surface area is 113 Å². The van der Waals surface area contributed by atoms with Crippen LogP contribution in [0.3, 0.4) is 0 Å². The van der Waals surface area contributed by atoms with Crippen molar-refractivity contribution in [2.24, 2.45) is 0 Å². The summed E-state index contributed by atoms with van der Waals surface area (Å²) in [7, 11) is -3.75. The van der Waals surface area contributed by atoms with E-state index >= 15 is 0 Å². The molecule has 1 aromatic carbocycles. The van der Waals surface area contributed by atoms with Gasteiger partial charge in [-0.2, -0.15) is 0 Å². The van der Waals surface area contributed by atoms with E-state index in [1.54, 1.807) is 38.1 Å². The smallest absolute Gasteiger partial charge is 0.322 e. The minimum absolute atomic E-state index is 0.148. The second kappa shape index (κ2) is 6.53. The second-order valence-corrected chi connectivity index (χ2v) is 5.79. The van der Waals surface area contributed by atoms with Gasteiger partial charge in [0, 0.05) is 11.7 Å². The first kappa shape index (κ1) is 15.5. The van der Waals surface area contributed by atoms with E-state index in [-0.39, 0.29) is 6.61 Å². The number of nitrogens with one attached hydrogen (secondary N) is 1. The summed E-state index contributed by atoms with van der Waals surface area (Å²) in [4.78, 5) is 11.2. The summed E-state index contributed by atoms with van der Waals surface area (Å²) < 4.78 is 30.5. The summed E-state index contributed by atoms with van der Waals surface area (Å²) in [5.41, 5.74) is 6.92. The molecule has 0 bridgehead atoms. The Bertz CT molecular complexity index is 542. The van der Waals surface area contributed by atoms with Crippen LogP contribution in [0.5, 0.6) is 0 Å². The van der Waals surface area contributed by atoms with Crippen molar-refractivity contribution in [2.45, 2.75) is 19.9 Å². The van der Waals surface area contributed by atoms with Gasteiger partial charge in [-0.3, -0.25) is 4.79 Å². The molecule has 0 aliphatic rings. The maximum atomic E-state index is 11.8. The number of benzene rings is 1. The molecule has 0 aromatic heterocycles. The molecule has 3 N–H and O–H groups in total. The Balaban J connectivity index is 2.73. The molecule has 0 spiro atoms. The average molecular weight is 286 g/mol. The van der Waals surface area contributed by atoms with Crippen molar-refractivity contribution < 1.29 is 17.9 Å². The molecule has 0 radical (unpaired) electrons. The van der Waals surface area contributed by atoms with E-state index in [4.69, 9.17) is 5.73 Å². The normalized spacial score (nSPS) is 12.9. The van der Waals surface area contributed by atoms with Crippen LogP contribution >= 0.6 is 0 Å². The molecule has 1 atom stereocenters. The predicted molar refractivity (Wildman–Crippen MR) is 72.8 cm³/mol. The summed E-state index contributed by atoms with van der Waals surface area (Å²) in [6.45, 7) is 3.43. The number of carbonyl (C=O) groups excluding carboxylic acids is 1. The Hall–Kier alpha value is -1.60. The van der Waals surface area contributed by atoms with Gasteiger partial charge in [-0.15, -0.1) is 0 Å². The number of hydrogen-bond donors (Lipinski definition) is 2. The number of nitrogen functional groups attached to an aromatic ring is 1. The summed E-state index contributed by atoms with van der Waals surface area (Å²) in [6.07, 6.45) is 0. The molecule has 0 amide bonds. The molecule has 1 unspecified atom stereocenters. The lowest BCUT2D eigenvalue weighted by Gasteiger charge is -2.16. The van der Waals surface area contributed by atoms with Gasteiger partial charge in [-0.1, -0.05) is 18.2 Å². The van der Waals surface area contributed by atoms with Crippen LogP contribution in [0.25, 0.3) is 0 Å². The predicted octanol–water partition coefficient (Wildman–Crippen LogP) is 0.812. The van der Waals surface area contributed by atoms with Crippen LogP contribution in [0.2, 0.25) is 0 Å². The van der Waals surface area contributed by atoms with E-state index in [0.29, 0.717) is 11.3 Å². The van der Waals surface area contributed by atoms with E-state index in [9.17, 15) is 13.2 Å². The molecule has 0 saturated carbocycles. The number of sulfonamides is 1. The lowest BCUT2D eigenvalue weighted by molar-refractivity contribution is -0.139. The molecule has 0 heterocycles. The number of nitrogens with two attached hydrogens (primary N) is 1. The Morgan fingerprint density at radius 3 is 2.63 bits per heavy atom. The number of rotatable bonds is 6. The first-order chi connectivity index (χ1) is 8.85. The first-order valence-corrected chi connectivity index (χ1v) is 7.51. The van der Waals surface area contributed by atoms with Crippen LogP contribution in [0.1, 0.15) is 25.5 Å². The Kier molecular flexibility index (Phi) is 5.31. The van der Waals surface area contributed by atoms with E-state index in [2.05, 4.69) is 9.46 Å². The quantitative estimate of drug-likeness (QED) is 0.595. The maximum Gasteiger partial charge on any atom is 0.322 e. The molecule has 1 aromatic rings. The number of hydrogen-bond acceptors (Lipinski definition) is 5. The van der Waals surface area contributed by atoms with Gasteiger partial charge in [0.15, 0.2) is 5.75 Å². The number of ether oxygens (including phenoxy) is 1. The molecule has 0 saturated heterocycles. The summed E-state index contributed by atoms with van der Waals surface area (Å²) in [6, 6.07) is 6.43. The number of para-hydroxylation sites is 1. The van der Waals surface area contributed by atoms with Crippen molar-refractivity contribution in [1.29, 1.82) is 0 Å². The monoisotopic (exact) mass is 286 g/mol. The van der Waals surface area contributed by atoms with Crippen molar-refractivity contribution in [3.63, 3.8) is 0 Å². The highest BCUT2D eigenvalue weighted by atomic mass is 32.2. The number of esters is 1. The second-order valence-electron chi connectivity index (χ2n) is 4.03. The zero-order valence-electron chi connectivity index (χ0n) is 10.9. The van der Waals surface area contributed by atoms with E-state index in [0.717, 1.165) is 0 Å². The largest absolute Gasteiger partial charge is 0.465 e. The molecule has 1 rings (SSSR count). The lowest BCUT2D eigenvalue weighted by atomic mass is 10.1. The molecule has 6 nitrogen and oxygen atoms in total. The van der Waals surface area contributed by atoms with Crippen LogP contribution in [-0.2, 0) is 19.6 Å². The van der Waals surface area contributed by atoms with E-state index in [1.807, 2.05) is 0 Å². The molecule has 19 heavy (non-hydrogen) atoms. The highest BCUT2D eigenvalue weighted by Crippen LogP contribution is 2.20. The van der Waals surface area contributed by atoms with Crippen LogP contribution in [0.4, 0.5) is 5.69 Å². The van der Waals surface area contributed by atoms with Gasteiger partial charge in [0.1, 0.15) is 0 Å². The summed E-state index contributed by atoms with van der Waals surface area (Å²) in [5.74, 6) is -1.47. The molecule has 0 fully saturated rings. The van der Waals surface area contributed by atoms with Gasteiger partial charge in [-0.25, -0.2) is 13.1 Å². The lowest BCUT2D eigenvalue weighted by Crippen LogP contribution is -2.33. The maximum absolute atomic E-state index is 11.8. The van der Waals surface area contributed by atoms with E-state index in [1.165, 1.54) is 0 Å². The van der Waals surface area contributed by atoms with Crippen LogP contribution in [-0.4, -0.2) is 26.7 Å². The van der Waals surface area contributed by atoms with Gasteiger partial charge in [0.2, 0.25) is 10.0 Å². The average Bonchev–Trinajstić information content (AvgIpc) is 2.27. The van der Waals surface area contributed by atoms with Gasteiger partial charge in [0.25, 0.3) is 0 Å². The van der Waals surface area contributed by atoms with Gasteiger partial charge >= 0.3 is 5.97 Å².